The summed E-state index contributed by atoms with van der Waals surface area (Å²) in [5.41, 5.74) is 4.82. The van der Waals surface area contributed by atoms with E-state index in [-0.39, 0.29) is 11.8 Å². The zero-order valence-corrected chi connectivity index (χ0v) is 18.4. The largest absolute Gasteiger partial charge is 0.274 e. The zero-order valence-electron chi connectivity index (χ0n) is 15.2. The summed E-state index contributed by atoms with van der Waals surface area (Å²) in [6.07, 6.45) is 0. The molecule has 0 aromatic heterocycles. The van der Waals surface area contributed by atoms with Gasteiger partial charge < -0.3 is 0 Å². The quantitative estimate of drug-likeness (QED) is 0.339. The topological polar surface area (TPSA) is 37.4 Å². The Morgan fingerprint density at radius 1 is 0.586 bits per heavy atom. The lowest BCUT2D eigenvalue weighted by Crippen LogP contribution is -2.56. The number of carbonyl (C=O) groups is 2. The van der Waals surface area contributed by atoms with Gasteiger partial charge in [0.05, 0.1) is 26.2 Å². The molecule has 2 amide bonds. The first-order valence-corrected chi connectivity index (χ1v) is 11.1. The van der Waals surface area contributed by atoms with Gasteiger partial charge in [-0.25, -0.2) is 4.90 Å². The number of alkyl halides is 2. The third kappa shape index (κ3) is 1.89. The molecule has 7 rings (SSSR count). The fourth-order valence-electron chi connectivity index (χ4n) is 5.50. The number of imide groups is 1. The van der Waals surface area contributed by atoms with Gasteiger partial charge in [-0.05, 0) is 34.4 Å². The number of benzene rings is 3. The monoisotopic (exact) mass is 507 g/mol. The molecule has 29 heavy (non-hydrogen) atoms. The Morgan fingerprint density at radius 3 is 1.31 bits per heavy atom. The van der Waals surface area contributed by atoms with Crippen molar-refractivity contribution in [1.29, 1.82) is 0 Å². The number of hydrogen-bond donors (Lipinski definition) is 0. The van der Waals surface area contributed by atoms with Gasteiger partial charge >= 0.3 is 0 Å². The van der Waals surface area contributed by atoms with E-state index in [1.807, 2.05) is 54.6 Å². The van der Waals surface area contributed by atoms with Gasteiger partial charge in [0.25, 0.3) is 0 Å². The van der Waals surface area contributed by atoms with Crippen LogP contribution in [0.3, 0.4) is 0 Å². The normalized spacial score (nSPS) is 31.4. The summed E-state index contributed by atoms with van der Waals surface area (Å²) in [7, 11) is 0. The molecular weight excluding hydrogens is 494 g/mol. The fraction of sp³-hybridized carbons (Fsp3) is 0.167. The van der Waals surface area contributed by atoms with Crippen LogP contribution >= 0.6 is 31.9 Å². The zero-order chi connectivity index (χ0) is 20.0. The number of anilines is 1. The molecule has 1 heterocycles. The SMILES string of the molecule is O=C1C2[C@@H](C(=O)N1c1ccccc1)C1(Br)c3ccccc3C2(Br)c2ccccc21. The molecule has 1 saturated heterocycles. The van der Waals surface area contributed by atoms with Crippen molar-refractivity contribution in [3.05, 3.63) is 101 Å². The highest BCUT2D eigenvalue weighted by atomic mass is 79.9. The first-order valence-electron chi connectivity index (χ1n) is 9.51. The molecule has 2 bridgehead atoms. The Morgan fingerprint density at radius 2 is 0.931 bits per heavy atom. The Hall–Kier alpha value is -2.24. The third-order valence-corrected chi connectivity index (χ3v) is 9.29. The average Bonchev–Trinajstić information content (AvgIpc) is 3.04. The predicted molar refractivity (Wildman–Crippen MR) is 118 cm³/mol. The van der Waals surface area contributed by atoms with Gasteiger partial charge in [0, 0.05) is 0 Å². The lowest BCUT2D eigenvalue weighted by Gasteiger charge is -2.55. The van der Waals surface area contributed by atoms with Gasteiger partial charge in [-0.2, -0.15) is 0 Å². The van der Waals surface area contributed by atoms with E-state index in [4.69, 9.17) is 0 Å². The van der Waals surface area contributed by atoms with Crippen LogP contribution in [-0.4, -0.2) is 11.8 Å². The molecule has 3 aromatic carbocycles. The summed E-state index contributed by atoms with van der Waals surface area (Å²) in [4.78, 5) is 28.9. The van der Waals surface area contributed by atoms with Crippen molar-refractivity contribution in [1.82, 2.24) is 0 Å². The number of amides is 2. The van der Waals surface area contributed by atoms with E-state index in [0.29, 0.717) is 5.69 Å². The van der Waals surface area contributed by atoms with E-state index in [1.54, 1.807) is 0 Å². The van der Waals surface area contributed by atoms with E-state index < -0.39 is 20.5 Å². The van der Waals surface area contributed by atoms with Gasteiger partial charge in [-0.3, -0.25) is 9.59 Å². The summed E-state index contributed by atoms with van der Waals surface area (Å²) >= 11 is 8.02. The molecule has 0 saturated carbocycles. The minimum atomic E-state index is -0.739. The molecule has 5 heteroatoms. The molecule has 142 valence electrons. The molecule has 1 aliphatic heterocycles. The Labute approximate surface area is 185 Å². The van der Waals surface area contributed by atoms with Crippen molar-refractivity contribution in [3.8, 4) is 0 Å². The minimum Gasteiger partial charge on any atom is -0.274 e. The highest BCUT2D eigenvalue weighted by Crippen LogP contribution is 2.70. The Balaban J connectivity index is 1.69. The molecule has 0 N–H and O–H groups in total. The van der Waals surface area contributed by atoms with Crippen LogP contribution in [-0.2, 0) is 18.2 Å². The molecule has 3 nitrogen and oxygen atoms in total. The van der Waals surface area contributed by atoms with E-state index in [9.17, 15) is 9.59 Å². The number of hydrogen-bond acceptors (Lipinski definition) is 2. The maximum absolute atomic E-state index is 13.8. The molecule has 1 unspecified atom stereocenters. The standard InChI is InChI=1S/C24H15Br2NO2/c25-23-15-10-4-5-11-16(15)24(26,18-13-7-6-12-17(18)23)20-19(23)21(28)27(22(20)29)14-8-2-1-3-9-14/h1-13,19-20H/t19-,20?,23?,24?/m0/s1. The molecule has 2 atom stereocenters. The number of carbonyl (C=O) groups excluding carboxylic acids is 2. The van der Waals surface area contributed by atoms with Gasteiger partial charge in [0.2, 0.25) is 11.8 Å². The average molecular weight is 509 g/mol. The second-order valence-corrected chi connectivity index (χ2v) is 10.3. The summed E-state index contributed by atoms with van der Waals surface area (Å²) in [6.45, 7) is 0. The molecule has 4 aliphatic rings. The summed E-state index contributed by atoms with van der Waals surface area (Å²) < 4.78 is -1.48. The number of para-hydroxylation sites is 1. The predicted octanol–water partition coefficient (Wildman–Crippen LogP) is 5.10. The minimum absolute atomic E-state index is 0.157. The van der Waals surface area contributed by atoms with Crippen LogP contribution < -0.4 is 4.90 Å². The van der Waals surface area contributed by atoms with Gasteiger partial charge in [0.1, 0.15) is 0 Å². The van der Waals surface area contributed by atoms with E-state index >= 15 is 0 Å². The van der Waals surface area contributed by atoms with Crippen molar-refractivity contribution in [3.63, 3.8) is 0 Å². The van der Waals surface area contributed by atoms with Crippen LogP contribution in [0.4, 0.5) is 5.69 Å². The van der Waals surface area contributed by atoms with Crippen molar-refractivity contribution < 1.29 is 9.59 Å². The molecule has 3 aromatic rings. The van der Waals surface area contributed by atoms with Crippen LogP contribution in [0, 0.1) is 11.8 Å². The highest BCUT2D eigenvalue weighted by Gasteiger charge is 2.72. The number of rotatable bonds is 1. The summed E-state index contributed by atoms with van der Waals surface area (Å²) in [5.74, 6) is -1.37. The first-order chi connectivity index (χ1) is 14.0. The van der Waals surface area contributed by atoms with Crippen LogP contribution in [0.2, 0.25) is 0 Å². The second-order valence-electron chi connectivity index (χ2n) is 7.82. The highest BCUT2D eigenvalue weighted by molar-refractivity contribution is 9.10. The van der Waals surface area contributed by atoms with E-state index in [2.05, 4.69) is 56.1 Å². The van der Waals surface area contributed by atoms with Gasteiger partial charge in [-0.1, -0.05) is 98.6 Å². The molecule has 0 radical (unpaired) electrons. The first kappa shape index (κ1) is 17.6. The van der Waals surface area contributed by atoms with Gasteiger partial charge in [0.15, 0.2) is 0 Å². The number of halogens is 2. The lowest BCUT2D eigenvalue weighted by molar-refractivity contribution is -0.122. The van der Waals surface area contributed by atoms with Crippen molar-refractivity contribution in [2.75, 3.05) is 4.90 Å². The van der Waals surface area contributed by atoms with Crippen LogP contribution in [0.5, 0.6) is 0 Å². The summed E-state index contributed by atoms with van der Waals surface area (Å²) in [6, 6.07) is 25.4. The number of nitrogens with zero attached hydrogens (tertiary/aromatic N) is 1. The molecule has 3 aliphatic carbocycles. The van der Waals surface area contributed by atoms with Crippen LogP contribution in [0.1, 0.15) is 22.3 Å². The maximum Gasteiger partial charge on any atom is 0.239 e. The van der Waals surface area contributed by atoms with E-state index in [1.165, 1.54) is 4.90 Å². The fourth-order valence-corrected chi connectivity index (χ4v) is 7.80. The van der Waals surface area contributed by atoms with Crippen molar-refractivity contribution in [2.45, 2.75) is 8.65 Å². The van der Waals surface area contributed by atoms with Crippen LogP contribution in [0.25, 0.3) is 0 Å². The maximum atomic E-state index is 13.8. The Kier molecular flexibility index (Phi) is 3.44. The van der Waals surface area contributed by atoms with Crippen molar-refractivity contribution >= 4 is 49.4 Å². The van der Waals surface area contributed by atoms with Crippen molar-refractivity contribution in [2.24, 2.45) is 11.8 Å². The van der Waals surface area contributed by atoms with E-state index in [0.717, 1.165) is 22.3 Å². The molecule has 0 spiro atoms. The van der Waals surface area contributed by atoms with Crippen LogP contribution in [0.15, 0.2) is 78.9 Å². The molecular formula is C24H15Br2NO2. The summed E-state index contributed by atoms with van der Waals surface area (Å²) in [5, 5.41) is 0. The lowest BCUT2D eigenvalue weighted by atomic mass is 9.54. The van der Waals surface area contributed by atoms with Gasteiger partial charge in [-0.15, -0.1) is 0 Å². The molecule has 1 fully saturated rings. The third-order valence-electron chi connectivity index (χ3n) is 6.60. The Bertz CT molecular complexity index is 1080. The smallest absolute Gasteiger partial charge is 0.239 e. The second kappa shape index (κ2) is 5.67.